The average molecular weight is 388 g/mol. The minimum atomic E-state index is 0.607. The zero-order chi connectivity index (χ0) is 18.7. The Morgan fingerprint density at radius 1 is 0.962 bits per heavy atom. The summed E-state index contributed by atoms with van der Waals surface area (Å²) in [5.41, 5.74) is 4.94. The molecule has 0 saturated carbocycles. The van der Waals surface area contributed by atoms with Crippen LogP contribution in [0.3, 0.4) is 0 Å². The molecule has 0 aliphatic rings. The Morgan fingerprint density at radius 3 is 2.35 bits per heavy atom. The number of halogens is 2. The predicted octanol–water partition coefficient (Wildman–Crippen LogP) is 6.54. The highest BCUT2D eigenvalue weighted by Crippen LogP contribution is 2.36. The van der Waals surface area contributed by atoms with Gasteiger partial charge in [0.05, 0.1) is 10.5 Å². The second kappa shape index (κ2) is 8.24. The number of rotatable bonds is 6. The van der Waals surface area contributed by atoms with Crippen molar-refractivity contribution in [2.24, 2.45) is 0 Å². The van der Waals surface area contributed by atoms with E-state index in [1.807, 2.05) is 31.5 Å². The van der Waals surface area contributed by atoms with Crippen LogP contribution in [0.1, 0.15) is 32.4 Å². The van der Waals surface area contributed by atoms with Crippen LogP contribution in [0.15, 0.2) is 36.7 Å². The summed E-state index contributed by atoms with van der Waals surface area (Å²) in [6.45, 7) is 8.47. The number of hydrogen-bond acceptors (Lipinski definition) is 3. The number of hydrogen-bond donors (Lipinski definition) is 0. The highest BCUT2D eigenvalue weighted by atomic mass is 35.5. The fourth-order valence-electron chi connectivity index (χ4n) is 3.31. The highest BCUT2D eigenvalue weighted by molar-refractivity contribution is 6.36. The minimum Gasteiger partial charge on any atom is -0.371 e. The van der Waals surface area contributed by atoms with Crippen LogP contribution in [-0.2, 0) is 0 Å². The van der Waals surface area contributed by atoms with Crippen LogP contribution in [0.25, 0.3) is 22.0 Å². The lowest BCUT2D eigenvalue weighted by Gasteiger charge is -2.26. The van der Waals surface area contributed by atoms with Gasteiger partial charge in [-0.25, -0.2) is 0 Å². The first-order valence-electron chi connectivity index (χ1n) is 9.00. The summed E-state index contributed by atoms with van der Waals surface area (Å²) in [7, 11) is 0. The quantitative estimate of drug-likeness (QED) is 0.480. The van der Waals surface area contributed by atoms with E-state index in [-0.39, 0.29) is 0 Å². The zero-order valence-electron chi connectivity index (χ0n) is 15.4. The first-order valence-corrected chi connectivity index (χ1v) is 9.76. The van der Waals surface area contributed by atoms with Crippen molar-refractivity contribution in [3.63, 3.8) is 0 Å². The monoisotopic (exact) mass is 387 g/mol. The molecular weight excluding hydrogens is 365 g/mol. The van der Waals surface area contributed by atoms with E-state index in [2.05, 4.69) is 29.8 Å². The van der Waals surface area contributed by atoms with E-state index >= 15 is 0 Å². The van der Waals surface area contributed by atoms with Crippen LogP contribution in [-0.4, -0.2) is 23.1 Å². The predicted molar refractivity (Wildman–Crippen MR) is 113 cm³/mol. The van der Waals surface area contributed by atoms with Gasteiger partial charge >= 0.3 is 0 Å². The van der Waals surface area contributed by atoms with Gasteiger partial charge in [0.25, 0.3) is 0 Å². The molecule has 0 unspecified atom stereocenters. The van der Waals surface area contributed by atoms with Gasteiger partial charge in [0.2, 0.25) is 0 Å². The lowest BCUT2D eigenvalue weighted by Crippen LogP contribution is -2.25. The molecule has 0 atom stereocenters. The summed E-state index contributed by atoms with van der Waals surface area (Å²) >= 11 is 12.5. The van der Waals surface area contributed by atoms with Crippen molar-refractivity contribution >= 4 is 39.8 Å². The molecule has 136 valence electrons. The lowest BCUT2D eigenvalue weighted by atomic mass is 10.0. The van der Waals surface area contributed by atoms with Crippen molar-refractivity contribution in [1.29, 1.82) is 0 Å². The van der Waals surface area contributed by atoms with Crippen LogP contribution in [0, 0.1) is 6.92 Å². The van der Waals surface area contributed by atoms with Gasteiger partial charge in [-0.1, -0.05) is 43.1 Å². The third-order valence-corrected chi connectivity index (χ3v) is 4.92. The molecular formula is C21H23Cl2N3. The van der Waals surface area contributed by atoms with Gasteiger partial charge in [0.1, 0.15) is 0 Å². The molecule has 0 radical (unpaired) electrons. The number of anilines is 1. The summed E-state index contributed by atoms with van der Waals surface area (Å²) in [5, 5.41) is 2.28. The Morgan fingerprint density at radius 2 is 1.69 bits per heavy atom. The fraction of sp³-hybridized carbons (Fsp3) is 0.333. The molecule has 2 aromatic heterocycles. The van der Waals surface area contributed by atoms with Gasteiger partial charge in [-0.2, -0.15) is 0 Å². The SMILES string of the molecule is CCCN(CCC)c1cc(C)nc2c(-c3ccc(Cl)cc3Cl)cncc12. The lowest BCUT2D eigenvalue weighted by molar-refractivity contribution is 0.746. The topological polar surface area (TPSA) is 29.0 Å². The Balaban J connectivity index is 2.25. The molecule has 0 aliphatic heterocycles. The second-order valence-electron chi connectivity index (χ2n) is 6.48. The number of benzene rings is 1. The van der Waals surface area contributed by atoms with Crippen molar-refractivity contribution in [2.45, 2.75) is 33.6 Å². The Labute approximate surface area is 165 Å². The maximum atomic E-state index is 6.46. The van der Waals surface area contributed by atoms with Gasteiger partial charge in [-0.3, -0.25) is 9.97 Å². The highest BCUT2D eigenvalue weighted by Gasteiger charge is 2.16. The van der Waals surface area contributed by atoms with E-state index in [0.717, 1.165) is 53.7 Å². The number of fused-ring (bicyclic) bond motifs is 1. The molecule has 0 fully saturated rings. The van der Waals surface area contributed by atoms with E-state index in [9.17, 15) is 0 Å². The van der Waals surface area contributed by atoms with Crippen LogP contribution in [0.2, 0.25) is 10.0 Å². The summed E-state index contributed by atoms with van der Waals surface area (Å²) in [5.74, 6) is 0. The van der Waals surface area contributed by atoms with Crippen LogP contribution >= 0.6 is 23.2 Å². The summed E-state index contributed by atoms with van der Waals surface area (Å²) in [6.07, 6.45) is 5.93. The average Bonchev–Trinajstić information content (AvgIpc) is 2.61. The zero-order valence-corrected chi connectivity index (χ0v) is 16.9. The van der Waals surface area contributed by atoms with Gasteiger partial charge in [0.15, 0.2) is 0 Å². The molecule has 1 aromatic carbocycles. The van der Waals surface area contributed by atoms with E-state index in [0.29, 0.717) is 10.0 Å². The van der Waals surface area contributed by atoms with Gasteiger partial charge in [-0.15, -0.1) is 0 Å². The third-order valence-electron chi connectivity index (χ3n) is 4.38. The Bertz CT molecular complexity index is 919. The van der Waals surface area contributed by atoms with Crippen LogP contribution < -0.4 is 4.90 Å². The number of aryl methyl sites for hydroxylation is 1. The molecule has 3 nitrogen and oxygen atoms in total. The number of nitrogens with zero attached hydrogens (tertiary/aromatic N) is 3. The molecule has 5 heteroatoms. The van der Waals surface area contributed by atoms with E-state index in [1.165, 1.54) is 5.69 Å². The summed E-state index contributed by atoms with van der Waals surface area (Å²) < 4.78 is 0. The molecule has 0 spiro atoms. The number of aromatic nitrogens is 2. The summed E-state index contributed by atoms with van der Waals surface area (Å²) in [6, 6.07) is 7.69. The maximum Gasteiger partial charge on any atom is 0.0835 e. The van der Waals surface area contributed by atoms with Crippen LogP contribution in [0.5, 0.6) is 0 Å². The van der Waals surface area contributed by atoms with E-state index < -0.39 is 0 Å². The number of pyridine rings is 2. The molecule has 3 aromatic rings. The fourth-order valence-corrected chi connectivity index (χ4v) is 3.82. The smallest absolute Gasteiger partial charge is 0.0835 e. The minimum absolute atomic E-state index is 0.607. The third kappa shape index (κ3) is 3.79. The van der Waals surface area contributed by atoms with Crippen molar-refractivity contribution in [3.8, 4) is 11.1 Å². The molecule has 3 rings (SSSR count). The second-order valence-corrected chi connectivity index (χ2v) is 7.32. The molecule has 0 saturated heterocycles. The molecule has 2 heterocycles. The largest absolute Gasteiger partial charge is 0.371 e. The first-order chi connectivity index (χ1) is 12.5. The van der Waals surface area contributed by atoms with Crippen molar-refractivity contribution < 1.29 is 0 Å². The van der Waals surface area contributed by atoms with Crippen molar-refractivity contribution in [2.75, 3.05) is 18.0 Å². The van der Waals surface area contributed by atoms with Crippen LogP contribution in [0.4, 0.5) is 5.69 Å². The Hall–Kier alpha value is -1.84. The van der Waals surface area contributed by atoms with Gasteiger partial charge in [-0.05, 0) is 38.0 Å². The first kappa shape index (κ1) is 18.9. The maximum absolute atomic E-state index is 6.46. The molecule has 0 N–H and O–H groups in total. The van der Waals surface area contributed by atoms with Gasteiger partial charge < -0.3 is 4.90 Å². The molecule has 0 amide bonds. The van der Waals surface area contributed by atoms with E-state index in [4.69, 9.17) is 28.2 Å². The summed E-state index contributed by atoms with van der Waals surface area (Å²) in [4.78, 5) is 11.7. The van der Waals surface area contributed by atoms with E-state index in [1.54, 1.807) is 6.07 Å². The molecule has 0 bridgehead atoms. The standard InChI is InChI=1S/C21H23Cl2N3/c1-4-8-26(9-5-2)20-10-14(3)25-21-17(12-24-13-18(20)21)16-7-6-15(22)11-19(16)23/h6-7,10-13H,4-5,8-9H2,1-3H3. The molecule has 26 heavy (non-hydrogen) atoms. The Kier molecular flexibility index (Phi) is 6.00. The van der Waals surface area contributed by atoms with Gasteiger partial charge in [0, 0.05) is 58.4 Å². The van der Waals surface area contributed by atoms with Crippen molar-refractivity contribution in [3.05, 3.63) is 52.4 Å². The molecule has 0 aliphatic carbocycles. The normalized spacial score (nSPS) is 11.1. The van der Waals surface area contributed by atoms with Crippen molar-refractivity contribution in [1.82, 2.24) is 9.97 Å².